The molecule has 8 heteroatoms. The summed E-state index contributed by atoms with van der Waals surface area (Å²) in [7, 11) is 0. The maximum atomic E-state index is 13.5. The zero-order valence-electron chi connectivity index (χ0n) is 22.6. The molecule has 3 aromatic rings. The Bertz CT molecular complexity index is 1260. The zero-order valence-corrected chi connectivity index (χ0v) is 23.4. The van der Waals surface area contributed by atoms with Crippen LogP contribution in [0.25, 0.3) is 0 Å². The van der Waals surface area contributed by atoms with Gasteiger partial charge in [0, 0.05) is 18.8 Å². The third kappa shape index (κ3) is 6.09. The quantitative estimate of drug-likeness (QED) is 0.364. The minimum atomic E-state index is -4.42. The molecule has 1 aliphatic carbocycles. The molecule has 3 aromatic carbocycles. The molecule has 5 rings (SSSR count). The van der Waals surface area contributed by atoms with Gasteiger partial charge in [-0.25, -0.2) is 0 Å². The number of thioether (sulfide) groups is 1. The fourth-order valence-corrected chi connectivity index (χ4v) is 7.56. The van der Waals surface area contributed by atoms with Gasteiger partial charge in [-0.05, 0) is 78.7 Å². The summed E-state index contributed by atoms with van der Waals surface area (Å²) in [5, 5.41) is 3.00. The number of carbonyl (C=O) groups is 1. The average Bonchev–Trinajstić information content (AvgIpc) is 3.11. The summed E-state index contributed by atoms with van der Waals surface area (Å²) in [6, 6.07) is 21.0. The van der Waals surface area contributed by atoms with E-state index in [1.165, 1.54) is 31.0 Å². The van der Waals surface area contributed by atoms with Crippen LogP contribution in [-0.4, -0.2) is 48.8 Å². The molecule has 1 fully saturated rings. The van der Waals surface area contributed by atoms with E-state index < -0.39 is 22.5 Å². The maximum Gasteiger partial charge on any atom is 0.416 e. The second-order valence-electron chi connectivity index (χ2n) is 10.7. The number of amides is 1. The number of nitrogens with two attached hydrogens (primary N) is 1. The van der Waals surface area contributed by atoms with Crippen molar-refractivity contribution < 1.29 is 18.0 Å². The summed E-state index contributed by atoms with van der Waals surface area (Å²) < 4.78 is 39.7. The molecule has 0 aromatic heterocycles. The highest BCUT2D eigenvalue weighted by atomic mass is 32.2. The van der Waals surface area contributed by atoms with Gasteiger partial charge in [-0.15, -0.1) is 11.8 Å². The van der Waals surface area contributed by atoms with Gasteiger partial charge in [0.25, 0.3) is 0 Å². The first-order valence-electron chi connectivity index (χ1n) is 14.0. The lowest BCUT2D eigenvalue weighted by Gasteiger charge is -2.37. The number of nitrogens with one attached hydrogen (secondary N) is 1. The monoisotopic (exact) mass is 567 g/mol. The van der Waals surface area contributed by atoms with E-state index in [-0.39, 0.29) is 5.91 Å². The van der Waals surface area contributed by atoms with Crippen LogP contribution in [0.3, 0.4) is 0 Å². The van der Waals surface area contributed by atoms with Gasteiger partial charge in [-0.1, -0.05) is 67.1 Å². The van der Waals surface area contributed by atoms with Crippen molar-refractivity contribution in [3.8, 4) is 0 Å². The van der Waals surface area contributed by atoms with Gasteiger partial charge in [0.15, 0.2) is 0 Å². The molecule has 1 unspecified atom stereocenters. The molecule has 1 heterocycles. The molecule has 0 saturated carbocycles. The normalized spacial score (nSPS) is 17.8. The van der Waals surface area contributed by atoms with Crippen LogP contribution in [0.4, 0.5) is 13.2 Å². The van der Waals surface area contributed by atoms with Crippen LogP contribution >= 0.6 is 11.8 Å². The van der Waals surface area contributed by atoms with Crippen molar-refractivity contribution in [2.24, 2.45) is 5.73 Å². The van der Waals surface area contributed by atoms with E-state index in [2.05, 4.69) is 34.5 Å². The number of rotatable bonds is 8. The molecule has 1 amide bonds. The summed E-state index contributed by atoms with van der Waals surface area (Å²) in [6.07, 6.45) is 0.862. The highest BCUT2D eigenvalue weighted by Gasteiger charge is 2.42. The van der Waals surface area contributed by atoms with Crippen LogP contribution in [0.15, 0.2) is 72.8 Å². The number of nitrogens with zero attached hydrogens (tertiary/aromatic N) is 1. The molecule has 1 saturated heterocycles. The van der Waals surface area contributed by atoms with E-state index in [1.54, 1.807) is 12.1 Å². The van der Waals surface area contributed by atoms with Gasteiger partial charge < -0.3 is 16.0 Å². The van der Waals surface area contributed by atoms with Crippen molar-refractivity contribution in [3.63, 3.8) is 0 Å². The predicted octanol–water partition coefficient (Wildman–Crippen LogP) is 5.76. The number of likely N-dealkylation sites (tertiary alicyclic amines) is 1. The molecular weight excluding hydrogens is 531 g/mol. The summed E-state index contributed by atoms with van der Waals surface area (Å²) in [5.74, 6) is 0.0986. The summed E-state index contributed by atoms with van der Waals surface area (Å²) in [6.45, 7) is 3.48. The van der Waals surface area contributed by atoms with E-state index in [9.17, 15) is 18.0 Å². The second kappa shape index (κ2) is 12.4. The fraction of sp³-hybridized carbons (Fsp3) is 0.406. The lowest BCUT2D eigenvalue weighted by Crippen LogP contribution is -2.46. The van der Waals surface area contributed by atoms with Crippen LogP contribution in [0.5, 0.6) is 0 Å². The van der Waals surface area contributed by atoms with Gasteiger partial charge in [0.05, 0.1) is 16.4 Å². The SMILES string of the molecule is NC(CSC1(c2ccc(C(F)(F)F)cc2)c2ccccc2CCc2ccccc21)C(=O)NCCN1CCCCC1. The number of halogens is 3. The molecule has 0 bridgehead atoms. The summed E-state index contributed by atoms with van der Waals surface area (Å²) in [4.78, 5) is 15.4. The molecule has 1 aliphatic heterocycles. The van der Waals surface area contributed by atoms with Crippen molar-refractivity contribution in [1.29, 1.82) is 0 Å². The molecule has 1 atom stereocenters. The van der Waals surface area contributed by atoms with E-state index >= 15 is 0 Å². The molecule has 3 N–H and O–H groups in total. The molecular formula is C32H36F3N3OS. The summed E-state index contributed by atoms with van der Waals surface area (Å²) >= 11 is 1.53. The highest BCUT2D eigenvalue weighted by Crippen LogP contribution is 2.52. The Labute approximate surface area is 238 Å². The Kier molecular flexibility index (Phi) is 8.88. The first kappa shape index (κ1) is 28.7. The number of alkyl halides is 3. The topological polar surface area (TPSA) is 58.4 Å². The highest BCUT2D eigenvalue weighted by molar-refractivity contribution is 8.00. The number of hydrogen-bond donors (Lipinski definition) is 2. The lowest BCUT2D eigenvalue weighted by molar-refractivity contribution is -0.137. The number of hydrogen-bond acceptors (Lipinski definition) is 4. The van der Waals surface area contributed by atoms with E-state index in [4.69, 9.17) is 5.73 Å². The largest absolute Gasteiger partial charge is 0.416 e. The minimum absolute atomic E-state index is 0.206. The first-order chi connectivity index (χ1) is 19.3. The third-order valence-electron chi connectivity index (χ3n) is 8.07. The second-order valence-corrected chi connectivity index (χ2v) is 11.9. The van der Waals surface area contributed by atoms with E-state index in [1.807, 2.05) is 24.3 Å². The molecule has 4 nitrogen and oxygen atoms in total. The maximum absolute atomic E-state index is 13.5. The molecule has 0 spiro atoms. The zero-order chi connectivity index (χ0) is 28.2. The first-order valence-corrected chi connectivity index (χ1v) is 15.0. The van der Waals surface area contributed by atoms with Crippen LogP contribution in [0, 0.1) is 0 Å². The predicted molar refractivity (Wildman–Crippen MR) is 155 cm³/mol. The smallest absolute Gasteiger partial charge is 0.353 e. The Hall–Kier alpha value is -2.81. The van der Waals surface area contributed by atoms with E-state index in [0.717, 1.165) is 72.4 Å². The number of fused-ring (bicyclic) bond motifs is 2. The Morgan fingerprint density at radius 1 is 0.900 bits per heavy atom. The Morgan fingerprint density at radius 3 is 2.05 bits per heavy atom. The van der Waals surface area contributed by atoms with Crippen molar-refractivity contribution in [3.05, 3.63) is 106 Å². The van der Waals surface area contributed by atoms with Crippen molar-refractivity contribution >= 4 is 17.7 Å². The van der Waals surface area contributed by atoms with Crippen LogP contribution in [0.1, 0.15) is 52.6 Å². The van der Waals surface area contributed by atoms with Crippen molar-refractivity contribution in [1.82, 2.24) is 10.2 Å². The molecule has 212 valence electrons. The Balaban J connectivity index is 1.46. The molecule has 0 radical (unpaired) electrons. The van der Waals surface area contributed by atoms with Crippen molar-refractivity contribution in [2.45, 2.75) is 49.1 Å². The molecule has 2 aliphatic rings. The Morgan fingerprint density at radius 2 is 1.48 bits per heavy atom. The lowest BCUT2D eigenvalue weighted by atomic mass is 9.81. The van der Waals surface area contributed by atoms with Crippen molar-refractivity contribution in [2.75, 3.05) is 31.9 Å². The minimum Gasteiger partial charge on any atom is -0.353 e. The average molecular weight is 568 g/mol. The fourth-order valence-electron chi connectivity index (χ4n) is 5.96. The van der Waals surface area contributed by atoms with Crippen LogP contribution in [0.2, 0.25) is 0 Å². The van der Waals surface area contributed by atoms with Gasteiger partial charge in [-0.3, -0.25) is 4.79 Å². The third-order valence-corrected chi connectivity index (χ3v) is 9.70. The number of benzene rings is 3. The number of aryl methyl sites for hydroxylation is 2. The van der Waals surface area contributed by atoms with Gasteiger partial charge in [0.1, 0.15) is 0 Å². The van der Waals surface area contributed by atoms with E-state index in [0.29, 0.717) is 12.3 Å². The van der Waals surface area contributed by atoms with Crippen LogP contribution in [-0.2, 0) is 28.6 Å². The van der Waals surface area contributed by atoms with Gasteiger partial charge in [-0.2, -0.15) is 13.2 Å². The molecule has 40 heavy (non-hydrogen) atoms. The number of piperidine rings is 1. The standard InChI is InChI=1S/C32H36F3N3OS/c33-32(34,35)26-16-14-25(15-17-26)31(40-22-29(36)30(39)37-18-21-38-19-6-1-7-20-38)27-10-4-2-8-23(27)12-13-24-9-3-5-11-28(24)31/h2-5,8-11,14-17,29H,1,6-7,12-13,18-22,36H2,(H,37,39). The van der Waals surface area contributed by atoms with Gasteiger partial charge >= 0.3 is 6.18 Å². The van der Waals surface area contributed by atoms with Crippen LogP contribution < -0.4 is 11.1 Å². The van der Waals surface area contributed by atoms with Gasteiger partial charge in [0.2, 0.25) is 5.91 Å². The number of carbonyl (C=O) groups excluding carboxylic acids is 1. The summed E-state index contributed by atoms with van der Waals surface area (Å²) in [5.41, 5.74) is 10.9.